The Morgan fingerprint density at radius 1 is 1.22 bits per heavy atom. The number of sulfone groups is 1. The Morgan fingerprint density at radius 2 is 1.74 bits per heavy atom. The lowest BCUT2D eigenvalue weighted by Gasteiger charge is -2.18. The van der Waals surface area contributed by atoms with E-state index >= 15 is 0 Å². The minimum absolute atomic E-state index is 0.302. The first kappa shape index (κ1) is 18.8. The van der Waals surface area contributed by atoms with Crippen LogP contribution in [0.15, 0.2) is 35.4 Å². The van der Waals surface area contributed by atoms with Crippen LogP contribution in [0.1, 0.15) is 20.8 Å². The number of hydrogen-bond acceptors (Lipinski definition) is 5. The van der Waals surface area contributed by atoms with Crippen molar-refractivity contribution in [2.75, 3.05) is 5.32 Å². The first-order valence-corrected chi connectivity index (χ1v) is 7.82. The highest BCUT2D eigenvalue weighted by molar-refractivity contribution is 7.96. The minimum Gasteiger partial charge on any atom is -0.406 e. The molecule has 0 amide bonds. The predicted molar refractivity (Wildman–Crippen MR) is 79.1 cm³/mol. The van der Waals surface area contributed by atoms with Crippen LogP contribution in [-0.4, -0.2) is 19.5 Å². The smallest absolute Gasteiger partial charge is 0.406 e. The van der Waals surface area contributed by atoms with E-state index in [-0.39, 0.29) is 0 Å². The maximum atomic E-state index is 12.1. The first-order chi connectivity index (χ1) is 10.4. The van der Waals surface area contributed by atoms with E-state index in [2.05, 4.69) is 10.1 Å². The predicted octanol–water partition coefficient (Wildman–Crippen LogP) is 3.58. The van der Waals surface area contributed by atoms with Crippen molar-refractivity contribution >= 4 is 15.5 Å². The fraction of sp³-hybridized carbons (Fsp3) is 0.357. The van der Waals surface area contributed by atoms with E-state index < -0.39 is 31.6 Å². The Labute approximate surface area is 132 Å². The van der Waals surface area contributed by atoms with Gasteiger partial charge in [0.15, 0.2) is 14.7 Å². The summed E-state index contributed by atoms with van der Waals surface area (Å²) >= 11 is 0. The molecular weight excluding hydrogens is 333 g/mol. The number of ether oxygens (including phenoxy) is 1. The van der Waals surface area contributed by atoms with Crippen molar-refractivity contribution in [3.63, 3.8) is 0 Å². The van der Waals surface area contributed by atoms with E-state index in [9.17, 15) is 21.6 Å². The molecule has 9 heteroatoms. The van der Waals surface area contributed by atoms with Gasteiger partial charge in [0.2, 0.25) is 0 Å². The van der Waals surface area contributed by atoms with Crippen LogP contribution >= 0.6 is 0 Å². The number of benzene rings is 1. The first-order valence-electron chi connectivity index (χ1n) is 6.34. The Kier molecular flexibility index (Phi) is 5.32. The maximum absolute atomic E-state index is 12.1. The van der Waals surface area contributed by atoms with Gasteiger partial charge in [0.05, 0.1) is 4.75 Å². The molecule has 126 valence electrons. The summed E-state index contributed by atoms with van der Waals surface area (Å²) < 4.78 is 62.9. The third kappa shape index (κ3) is 5.17. The van der Waals surface area contributed by atoms with Crippen LogP contribution in [-0.2, 0) is 9.84 Å². The number of anilines is 1. The number of rotatable bonds is 4. The molecule has 1 aromatic carbocycles. The van der Waals surface area contributed by atoms with Gasteiger partial charge in [-0.15, -0.1) is 13.2 Å². The maximum Gasteiger partial charge on any atom is 0.573 e. The lowest BCUT2D eigenvalue weighted by atomic mass is 10.3. The van der Waals surface area contributed by atoms with Crippen molar-refractivity contribution in [3.05, 3.63) is 35.4 Å². The van der Waals surface area contributed by atoms with Crippen molar-refractivity contribution in [1.29, 1.82) is 5.26 Å². The van der Waals surface area contributed by atoms with Gasteiger partial charge < -0.3 is 10.1 Å². The average molecular weight is 348 g/mol. The fourth-order valence-corrected chi connectivity index (χ4v) is 2.40. The number of nitriles is 1. The molecule has 0 unspecified atom stereocenters. The molecule has 0 aliphatic carbocycles. The Morgan fingerprint density at radius 3 is 2.13 bits per heavy atom. The van der Waals surface area contributed by atoms with Gasteiger partial charge in [0.1, 0.15) is 11.8 Å². The van der Waals surface area contributed by atoms with Crippen LogP contribution in [0.2, 0.25) is 0 Å². The summed E-state index contributed by atoms with van der Waals surface area (Å²) in [5, 5.41) is 11.6. The Balaban J connectivity index is 2.94. The largest absolute Gasteiger partial charge is 0.573 e. The van der Waals surface area contributed by atoms with Crippen molar-refractivity contribution in [3.8, 4) is 11.8 Å². The summed E-state index contributed by atoms with van der Waals surface area (Å²) in [4.78, 5) is -0.472. The molecule has 1 aromatic rings. The Bertz CT molecular complexity index is 725. The summed E-state index contributed by atoms with van der Waals surface area (Å²) in [6.07, 6.45) is -3.79. The van der Waals surface area contributed by atoms with Crippen molar-refractivity contribution in [2.24, 2.45) is 0 Å². The highest BCUT2D eigenvalue weighted by Gasteiger charge is 2.33. The second-order valence-electron chi connectivity index (χ2n) is 5.45. The minimum atomic E-state index is -4.79. The van der Waals surface area contributed by atoms with Crippen LogP contribution < -0.4 is 10.1 Å². The topological polar surface area (TPSA) is 79.2 Å². The molecule has 0 spiro atoms. The highest BCUT2D eigenvalue weighted by Crippen LogP contribution is 2.25. The molecule has 0 aliphatic rings. The van der Waals surface area contributed by atoms with Crippen LogP contribution in [0.3, 0.4) is 0 Å². The number of nitrogens with one attached hydrogen (secondary N) is 1. The highest BCUT2D eigenvalue weighted by atomic mass is 32.2. The van der Waals surface area contributed by atoms with Crippen molar-refractivity contribution in [1.82, 2.24) is 0 Å². The van der Waals surface area contributed by atoms with E-state index in [1.54, 1.807) is 6.07 Å². The second kappa shape index (κ2) is 6.50. The van der Waals surface area contributed by atoms with Crippen molar-refractivity contribution in [2.45, 2.75) is 31.9 Å². The van der Waals surface area contributed by atoms with E-state index in [0.717, 1.165) is 18.3 Å². The summed E-state index contributed by atoms with van der Waals surface area (Å²) in [6, 6.07) is 6.25. The quantitative estimate of drug-likeness (QED) is 0.842. The third-order valence-electron chi connectivity index (χ3n) is 2.66. The molecule has 0 aliphatic heterocycles. The molecule has 1 rings (SSSR count). The SMILES string of the molecule is CC(C)(C)S(=O)(=O)/C(C#N)=C/Nc1ccc(OC(F)(F)F)cc1. The monoisotopic (exact) mass is 348 g/mol. The summed E-state index contributed by atoms with van der Waals surface area (Å²) in [7, 11) is -3.83. The zero-order valence-corrected chi connectivity index (χ0v) is 13.4. The number of alkyl halides is 3. The molecule has 0 fully saturated rings. The van der Waals surface area contributed by atoms with Crippen LogP contribution in [0.25, 0.3) is 0 Å². The standard InChI is InChI=1S/C14H15F3N2O3S/c1-13(2,3)23(20,21)12(8-18)9-19-10-4-6-11(7-5-10)22-14(15,16)17/h4-7,9,19H,1-3H3/b12-9+. The third-order valence-corrected chi connectivity index (χ3v) is 5.06. The van der Waals surface area contributed by atoms with Gasteiger partial charge in [0, 0.05) is 11.9 Å². The summed E-state index contributed by atoms with van der Waals surface area (Å²) in [6.45, 7) is 4.37. The van der Waals surface area contributed by atoms with Gasteiger partial charge in [-0.25, -0.2) is 8.42 Å². The molecule has 23 heavy (non-hydrogen) atoms. The number of nitrogens with zero attached hydrogens (tertiary/aromatic N) is 1. The zero-order valence-electron chi connectivity index (χ0n) is 12.6. The van der Waals surface area contributed by atoms with Gasteiger partial charge in [0.25, 0.3) is 0 Å². The van der Waals surface area contributed by atoms with Gasteiger partial charge >= 0.3 is 6.36 Å². The molecule has 1 N–H and O–H groups in total. The lowest BCUT2D eigenvalue weighted by Crippen LogP contribution is -2.29. The van der Waals surface area contributed by atoms with E-state index in [4.69, 9.17) is 5.26 Å². The van der Waals surface area contributed by atoms with E-state index in [1.807, 2.05) is 0 Å². The van der Waals surface area contributed by atoms with Crippen LogP contribution in [0.4, 0.5) is 18.9 Å². The molecule has 0 saturated carbocycles. The van der Waals surface area contributed by atoms with Gasteiger partial charge in [-0.3, -0.25) is 0 Å². The zero-order chi connectivity index (χ0) is 17.9. The van der Waals surface area contributed by atoms with Crippen molar-refractivity contribution < 1.29 is 26.3 Å². The molecule has 0 radical (unpaired) electrons. The molecule has 0 atom stereocenters. The van der Waals surface area contributed by atoms with Gasteiger partial charge in [-0.2, -0.15) is 5.26 Å². The molecule has 0 heterocycles. The normalized spacial score (nSPS) is 13.3. The summed E-state index contributed by atoms with van der Waals surface area (Å²) in [5.74, 6) is -0.408. The van der Waals surface area contributed by atoms with E-state index in [1.165, 1.54) is 32.9 Å². The lowest BCUT2D eigenvalue weighted by molar-refractivity contribution is -0.274. The second-order valence-corrected chi connectivity index (χ2v) is 8.12. The van der Waals surface area contributed by atoms with Gasteiger partial charge in [-0.1, -0.05) is 0 Å². The fourth-order valence-electron chi connectivity index (χ4n) is 1.40. The van der Waals surface area contributed by atoms with Crippen LogP contribution in [0.5, 0.6) is 5.75 Å². The molecule has 0 bridgehead atoms. The number of halogens is 3. The molecule has 0 saturated heterocycles. The van der Waals surface area contributed by atoms with Gasteiger partial charge in [-0.05, 0) is 45.0 Å². The average Bonchev–Trinajstić information content (AvgIpc) is 2.38. The number of hydrogen-bond donors (Lipinski definition) is 1. The Hall–Kier alpha value is -2.21. The molecule has 5 nitrogen and oxygen atoms in total. The summed E-state index contributed by atoms with van der Waals surface area (Å²) in [5.41, 5.74) is 0.302. The van der Waals surface area contributed by atoms with E-state index in [0.29, 0.717) is 5.69 Å². The molecular formula is C14H15F3N2O3S. The number of allylic oxidation sites excluding steroid dienone is 1. The molecule has 0 aromatic heterocycles. The van der Waals surface area contributed by atoms with Crippen LogP contribution in [0, 0.1) is 11.3 Å².